The Morgan fingerprint density at radius 2 is 1.31 bits per heavy atom. The van der Waals surface area contributed by atoms with Crippen molar-refractivity contribution < 1.29 is 23.9 Å². The fourth-order valence-corrected chi connectivity index (χ4v) is 3.20. The number of esters is 1. The van der Waals surface area contributed by atoms with Crippen molar-refractivity contribution in [2.75, 3.05) is 17.2 Å². The molecule has 3 aromatic carbocycles. The molecule has 0 aliphatic heterocycles. The Kier molecular flexibility index (Phi) is 9.01. The lowest BCUT2D eigenvalue weighted by Gasteiger charge is -2.10. The molecule has 35 heavy (non-hydrogen) atoms. The van der Waals surface area contributed by atoms with Crippen LogP contribution in [0.2, 0.25) is 0 Å². The quantitative estimate of drug-likeness (QED) is 0.375. The number of carbonyl (C=O) groups excluding carboxylic acids is 3. The number of benzene rings is 3. The Hall–Kier alpha value is -4.13. The molecule has 182 valence electrons. The minimum atomic E-state index is -0.617. The molecule has 7 heteroatoms. The molecule has 2 amide bonds. The minimum absolute atomic E-state index is 0.0557. The van der Waals surface area contributed by atoms with Gasteiger partial charge in [-0.3, -0.25) is 14.4 Å². The van der Waals surface area contributed by atoms with Crippen molar-refractivity contribution in [3.05, 3.63) is 83.4 Å². The normalized spacial score (nSPS) is 10.4. The van der Waals surface area contributed by atoms with Crippen LogP contribution in [0, 0.1) is 13.8 Å². The fourth-order valence-electron chi connectivity index (χ4n) is 3.20. The highest BCUT2D eigenvalue weighted by Gasteiger charge is 2.11. The second kappa shape index (κ2) is 12.4. The molecule has 0 atom stereocenters. The SMILES string of the molecule is CCc1ccc(NC(=O)COC(=O)CCC(=O)Nc2ccc(Oc3ccc(C)c(C)c3)cc2)cc1. The van der Waals surface area contributed by atoms with Crippen LogP contribution in [0.3, 0.4) is 0 Å². The van der Waals surface area contributed by atoms with Gasteiger partial charge in [0.25, 0.3) is 5.91 Å². The second-order valence-corrected chi connectivity index (χ2v) is 8.18. The highest BCUT2D eigenvalue weighted by molar-refractivity contribution is 5.94. The monoisotopic (exact) mass is 474 g/mol. The Morgan fingerprint density at radius 3 is 1.94 bits per heavy atom. The molecule has 0 unspecified atom stereocenters. The molecule has 2 N–H and O–H groups in total. The zero-order valence-corrected chi connectivity index (χ0v) is 20.2. The van der Waals surface area contributed by atoms with E-state index < -0.39 is 18.5 Å². The number of nitrogens with one attached hydrogen (secondary N) is 2. The Morgan fingerprint density at radius 1 is 0.714 bits per heavy atom. The van der Waals surface area contributed by atoms with Crippen molar-refractivity contribution in [1.82, 2.24) is 0 Å². The van der Waals surface area contributed by atoms with Gasteiger partial charge in [-0.2, -0.15) is 0 Å². The summed E-state index contributed by atoms with van der Waals surface area (Å²) in [6, 6.07) is 20.3. The summed E-state index contributed by atoms with van der Waals surface area (Å²) in [4.78, 5) is 36.0. The lowest BCUT2D eigenvalue weighted by molar-refractivity contribution is -0.147. The van der Waals surface area contributed by atoms with Gasteiger partial charge in [0, 0.05) is 17.8 Å². The first-order valence-corrected chi connectivity index (χ1v) is 11.5. The summed E-state index contributed by atoms with van der Waals surface area (Å²) in [5.41, 5.74) is 4.72. The van der Waals surface area contributed by atoms with Gasteiger partial charge in [0.1, 0.15) is 11.5 Å². The maximum absolute atomic E-state index is 12.2. The molecule has 0 spiro atoms. The number of rotatable bonds is 10. The molecule has 0 saturated carbocycles. The van der Waals surface area contributed by atoms with Gasteiger partial charge in [-0.15, -0.1) is 0 Å². The van der Waals surface area contributed by atoms with Crippen LogP contribution >= 0.6 is 0 Å². The number of ether oxygens (including phenoxy) is 2. The van der Waals surface area contributed by atoms with E-state index in [0.717, 1.165) is 23.3 Å². The topological polar surface area (TPSA) is 93.7 Å². The summed E-state index contributed by atoms with van der Waals surface area (Å²) < 4.78 is 10.8. The van der Waals surface area contributed by atoms with Crippen molar-refractivity contribution in [1.29, 1.82) is 0 Å². The summed E-state index contributed by atoms with van der Waals surface area (Å²) in [5.74, 6) is 0.00932. The van der Waals surface area contributed by atoms with Crippen LogP contribution in [-0.2, 0) is 25.5 Å². The van der Waals surface area contributed by atoms with E-state index in [4.69, 9.17) is 9.47 Å². The Balaban J connectivity index is 1.37. The third kappa shape index (κ3) is 8.30. The third-order valence-electron chi connectivity index (χ3n) is 5.42. The summed E-state index contributed by atoms with van der Waals surface area (Å²) in [6.45, 7) is 5.71. The van der Waals surface area contributed by atoms with Crippen LogP contribution in [0.1, 0.15) is 36.5 Å². The number of anilines is 2. The molecule has 0 saturated heterocycles. The van der Waals surface area contributed by atoms with Gasteiger partial charge in [-0.1, -0.05) is 25.1 Å². The molecule has 0 heterocycles. The first-order valence-electron chi connectivity index (χ1n) is 11.5. The van der Waals surface area contributed by atoms with Crippen LogP contribution in [0.15, 0.2) is 66.7 Å². The molecular weight excluding hydrogens is 444 g/mol. The van der Waals surface area contributed by atoms with Crippen LogP contribution in [0.4, 0.5) is 11.4 Å². The van der Waals surface area contributed by atoms with E-state index in [1.165, 1.54) is 5.56 Å². The van der Waals surface area contributed by atoms with Gasteiger partial charge in [0.15, 0.2) is 6.61 Å². The summed E-state index contributed by atoms with van der Waals surface area (Å²) in [7, 11) is 0. The summed E-state index contributed by atoms with van der Waals surface area (Å²) in [6.07, 6.45) is 0.727. The van der Waals surface area contributed by atoms with Gasteiger partial charge in [-0.05, 0) is 85.5 Å². The molecule has 0 bridgehead atoms. The summed E-state index contributed by atoms with van der Waals surface area (Å²) in [5, 5.41) is 5.40. The number of aryl methyl sites for hydroxylation is 3. The number of carbonyl (C=O) groups is 3. The molecule has 3 aromatic rings. The molecule has 0 aromatic heterocycles. The van der Waals surface area contributed by atoms with Gasteiger partial charge in [0.2, 0.25) is 5.91 Å². The van der Waals surface area contributed by atoms with Crippen molar-refractivity contribution in [3.63, 3.8) is 0 Å². The predicted octanol–water partition coefficient (Wildman–Crippen LogP) is 5.56. The number of amides is 2. The van der Waals surface area contributed by atoms with E-state index in [2.05, 4.69) is 10.6 Å². The van der Waals surface area contributed by atoms with Crippen molar-refractivity contribution in [3.8, 4) is 11.5 Å². The van der Waals surface area contributed by atoms with E-state index in [1.54, 1.807) is 36.4 Å². The minimum Gasteiger partial charge on any atom is -0.457 e. The molecule has 0 fully saturated rings. The zero-order valence-electron chi connectivity index (χ0n) is 20.2. The zero-order chi connectivity index (χ0) is 25.2. The van der Waals surface area contributed by atoms with Crippen LogP contribution in [0.25, 0.3) is 0 Å². The average molecular weight is 475 g/mol. The maximum atomic E-state index is 12.2. The smallest absolute Gasteiger partial charge is 0.306 e. The van der Waals surface area contributed by atoms with Crippen LogP contribution < -0.4 is 15.4 Å². The highest BCUT2D eigenvalue weighted by atomic mass is 16.5. The third-order valence-corrected chi connectivity index (χ3v) is 5.42. The van der Waals surface area contributed by atoms with Crippen LogP contribution in [-0.4, -0.2) is 24.4 Å². The van der Waals surface area contributed by atoms with Crippen molar-refractivity contribution in [2.45, 2.75) is 40.0 Å². The lowest BCUT2D eigenvalue weighted by atomic mass is 10.1. The largest absolute Gasteiger partial charge is 0.457 e. The molecule has 7 nitrogen and oxygen atoms in total. The number of hydrogen-bond acceptors (Lipinski definition) is 5. The molecule has 0 aliphatic rings. The van der Waals surface area contributed by atoms with E-state index in [1.807, 2.05) is 51.1 Å². The first kappa shape index (κ1) is 25.5. The lowest BCUT2D eigenvalue weighted by Crippen LogP contribution is -2.21. The standard InChI is InChI=1S/C28H30N2O5/c1-4-21-6-8-22(9-7-21)30-27(32)18-34-28(33)16-15-26(31)29-23-10-13-24(14-11-23)35-25-12-5-19(2)20(3)17-25/h5-14,17H,4,15-16,18H2,1-3H3,(H,29,31)(H,30,32). The van der Waals surface area contributed by atoms with Gasteiger partial charge in [0.05, 0.1) is 6.42 Å². The Bertz CT molecular complexity index is 1170. The van der Waals surface area contributed by atoms with Gasteiger partial charge in [-0.25, -0.2) is 0 Å². The molecule has 0 radical (unpaired) electrons. The van der Waals surface area contributed by atoms with Crippen molar-refractivity contribution >= 4 is 29.2 Å². The average Bonchev–Trinajstić information content (AvgIpc) is 2.85. The van der Waals surface area contributed by atoms with E-state index in [0.29, 0.717) is 17.1 Å². The van der Waals surface area contributed by atoms with E-state index in [9.17, 15) is 14.4 Å². The van der Waals surface area contributed by atoms with Crippen LogP contribution in [0.5, 0.6) is 11.5 Å². The first-order chi connectivity index (χ1) is 16.8. The molecule has 0 aliphatic carbocycles. The molecule has 3 rings (SSSR count). The highest BCUT2D eigenvalue weighted by Crippen LogP contribution is 2.25. The van der Waals surface area contributed by atoms with E-state index >= 15 is 0 Å². The van der Waals surface area contributed by atoms with Gasteiger partial charge >= 0.3 is 5.97 Å². The fraction of sp³-hybridized carbons (Fsp3) is 0.250. The van der Waals surface area contributed by atoms with Crippen molar-refractivity contribution in [2.24, 2.45) is 0 Å². The Labute approximate surface area is 205 Å². The maximum Gasteiger partial charge on any atom is 0.306 e. The van der Waals surface area contributed by atoms with E-state index in [-0.39, 0.29) is 18.7 Å². The predicted molar refractivity (Wildman–Crippen MR) is 136 cm³/mol. The van der Waals surface area contributed by atoms with Gasteiger partial charge < -0.3 is 20.1 Å². The molecular formula is C28H30N2O5. The second-order valence-electron chi connectivity index (χ2n) is 8.18. The number of hydrogen-bond donors (Lipinski definition) is 2. The summed E-state index contributed by atoms with van der Waals surface area (Å²) >= 11 is 0.